The Bertz CT molecular complexity index is 394. The van der Waals surface area contributed by atoms with E-state index >= 15 is 0 Å². The van der Waals surface area contributed by atoms with Gasteiger partial charge in [0.15, 0.2) is 0 Å². The van der Waals surface area contributed by atoms with E-state index in [0.29, 0.717) is 18.5 Å². The van der Waals surface area contributed by atoms with E-state index in [1.54, 1.807) is 19.1 Å². The molecule has 0 rings (SSSR count). The first-order valence-corrected chi connectivity index (χ1v) is 6.22. The van der Waals surface area contributed by atoms with Crippen molar-refractivity contribution in [3.05, 3.63) is 35.8 Å². The van der Waals surface area contributed by atoms with Crippen LogP contribution in [-0.4, -0.2) is 28.6 Å². The highest BCUT2D eigenvalue weighted by Gasteiger charge is 2.07. The number of nitrogens with one attached hydrogen (secondary N) is 1. The molecule has 0 aliphatic carbocycles. The number of rotatable bonds is 6. The molecule has 2 amide bonds. The quantitative estimate of drug-likeness (QED) is 0.338. The second-order valence-corrected chi connectivity index (χ2v) is 3.98. The predicted molar refractivity (Wildman–Crippen MR) is 79.0 cm³/mol. The average Bonchev–Trinajstić information content (AvgIpc) is 2.41. The van der Waals surface area contributed by atoms with Gasteiger partial charge >= 0.3 is 0 Å². The maximum atomic E-state index is 10.9. The van der Waals surface area contributed by atoms with E-state index < -0.39 is 11.9 Å². The summed E-state index contributed by atoms with van der Waals surface area (Å²) in [5.41, 5.74) is 5.47. The highest BCUT2D eigenvalue weighted by atomic mass is 16.5. The molecule has 6 heteroatoms. The molecule has 0 radical (unpaired) electrons. The fourth-order valence-electron chi connectivity index (χ4n) is 0.833. The lowest BCUT2D eigenvalue weighted by Gasteiger charge is -2.02. The van der Waals surface area contributed by atoms with Crippen molar-refractivity contribution < 1.29 is 19.8 Å². The SMILES string of the molecule is C=CCC=C(C)C(N)=O.CCCNC(=O)C(C)=C(O)O. The summed E-state index contributed by atoms with van der Waals surface area (Å²) in [6.45, 7) is 8.99. The third-order valence-electron chi connectivity index (χ3n) is 2.19. The molecule has 0 spiro atoms. The first kappa shape index (κ1) is 20.1. The van der Waals surface area contributed by atoms with Crippen molar-refractivity contribution in [2.75, 3.05) is 6.54 Å². The van der Waals surface area contributed by atoms with E-state index in [4.69, 9.17) is 15.9 Å². The Hall–Kier alpha value is -2.24. The van der Waals surface area contributed by atoms with Crippen LogP contribution in [-0.2, 0) is 9.59 Å². The average molecular weight is 284 g/mol. The standard InChI is InChI=1S/C7H13NO3.C7H11NO/c1-3-4-8-6(9)5(2)7(10)11;1-3-4-5-6(2)7(8)9/h10-11H,3-4H2,1-2H3,(H,8,9);3,5H,1,4H2,2H3,(H2,8,9). The zero-order valence-electron chi connectivity index (χ0n) is 12.3. The number of carbonyl (C=O) groups excluding carboxylic acids is 2. The third kappa shape index (κ3) is 10.9. The number of hydrogen-bond donors (Lipinski definition) is 4. The van der Waals surface area contributed by atoms with Gasteiger partial charge < -0.3 is 21.3 Å². The molecular formula is C14H24N2O4. The minimum atomic E-state index is -0.918. The van der Waals surface area contributed by atoms with E-state index in [0.717, 1.165) is 6.42 Å². The van der Waals surface area contributed by atoms with Crippen LogP contribution >= 0.6 is 0 Å². The minimum Gasteiger partial charge on any atom is -0.481 e. The molecule has 0 aromatic carbocycles. The molecule has 0 aromatic rings. The summed E-state index contributed by atoms with van der Waals surface area (Å²) in [6.07, 6.45) is 4.99. The zero-order chi connectivity index (χ0) is 16.1. The first-order chi connectivity index (χ1) is 9.27. The zero-order valence-corrected chi connectivity index (χ0v) is 12.3. The van der Waals surface area contributed by atoms with Gasteiger partial charge in [0.25, 0.3) is 11.9 Å². The molecule has 0 bridgehead atoms. The first-order valence-electron chi connectivity index (χ1n) is 6.22. The summed E-state index contributed by atoms with van der Waals surface area (Å²) in [7, 11) is 0. The number of primary amides is 1. The van der Waals surface area contributed by atoms with Crippen molar-refractivity contribution in [1.82, 2.24) is 5.32 Å². The molecular weight excluding hydrogens is 260 g/mol. The Morgan fingerprint density at radius 1 is 1.30 bits per heavy atom. The Morgan fingerprint density at radius 3 is 2.20 bits per heavy atom. The van der Waals surface area contributed by atoms with Crippen LogP contribution in [0.15, 0.2) is 35.8 Å². The highest BCUT2D eigenvalue weighted by Crippen LogP contribution is 1.95. The Morgan fingerprint density at radius 2 is 1.85 bits per heavy atom. The molecule has 6 nitrogen and oxygen atoms in total. The van der Waals surface area contributed by atoms with E-state index in [1.165, 1.54) is 6.92 Å². The number of carbonyl (C=O) groups is 2. The maximum absolute atomic E-state index is 10.9. The molecule has 0 aromatic heterocycles. The minimum absolute atomic E-state index is 0.0570. The summed E-state index contributed by atoms with van der Waals surface area (Å²) in [5, 5.41) is 19.4. The van der Waals surface area contributed by atoms with Crippen LogP contribution in [0.1, 0.15) is 33.6 Å². The lowest BCUT2D eigenvalue weighted by Crippen LogP contribution is -2.25. The molecule has 5 N–H and O–H groups in total. The van der Waals surface area contributed by atoms with Crippen molar-refractivity contribution >= 4 is 11.8 Å². The van der Waals surface area contributed by atoms with E-state index in [-0.39, 0.29) is 11.5 Å². The van der Waals surface area contributed by atoms with Crippen LogP contribution < -0.4 is 11.1 Å². The van der Waals surface area contributed by atoms with Gasteiger partial charge in [-0.3, -0.25) is 9.59 Å². The molecule has 0 aliphatic rings. The van der Waals surface area contributed by atoms with Crippen LogP contribution in [0.3, 0.4) is 0 Å². The number of amides is 2. The summed E-state index contributed by atoms with van der Waals surface area (Å²) >= 11 is 0. The Kier molecular flexibility index (Phi) is 11.9. The highest BCUT2D eigenvalue weighted by molar-refractivity contribution is 5.92. The summed E-state index contributed by atoms with van der Waals surface area (Å²) in [6, 6.07) is 0. The fraction of sp³-hybridized carbons (Fsp3) is 0.429. The van der Waals surface area contributed by atoms with Crippen molar-refractivity contribution in [1.29, 1.82) is 0 Å². The van der Waals surface area contributed by atoms with Gasteiger partial charge in [0.05, 0.1) is 5.57 Å². The van der Waals surface area contributed by atoms with Crippen molar-refractivity contribution in [3.63, 3.8) is 0 Å². The molecule has 0 aliphatic heterocycles. The molecule has 20 heavy (non-hydrogen) atoms. The number of nitrogens with two attached hydrogens (primary N) is 1. The molecule has 0 unspecified atom stereocenters. The van der Waals surface area contributed by atoms with Crippen LogP contribution in [0.2, 0.25) is 0 Å². The third-order valence-corrected chi connectivity index (χ3v) is 2.19. The van der Waals surface area contributed by atoms with Crippen molar-refractivity contribution in [2.45, 2.75) is 33.6 Å². The summed E-state index contributed by atoms with van der Waals surface area (Å²) in [4.78, 5) is 21.2. The van der Waals surface area contributed by atoms with Gasteiger partial charge in [0.2, 0.25) is 5.91 Å². The Balaban J connectivity index is 0. The topological polar surface area (TPSA) is 113 Å². The van der Waals surface area contributed by atoms with Crippen molar-refractivity contribution in [3.8, 4) is 0 Å². The number of aliphatic hydroxyl groups excluding tert-OH is 1. The van der Waals surface area contributed by atoms with Gasteiger partial charge in [-0.1, -0.05) is 19.1 Å². The number of allylic oxidation sites excluding steroid dienone is 2. The normalized spacial score (nSPS) is 9.85. The lowest BCUT2D eigenvalue weighted by molar-refractivity contribution is -0.118. The van der Waals surface area contributed by atoms with Gasteiger partial charge in [-0.05, 0) is 26.7 Å². The maximum Gasteiger partial charge on any atom is 0.282 e. The molecule has 114 valence electrons. The largest absolute Gasteiger partial charge is 0.481 e. The molecule has 0 fully saturated rings. The van der Waals surface area contributed by atoms with Gasteiger partial charge in [-0.25, -0.2) is 0 Å². The lowest BCUT2D eigenvalue weighted by atomic mass is 10.2. The van der Waals surface area contributed by atoms with Gasteiger partial charge in [-0.15, -0.1) is 6.58 Å². The monoisotopic (exact) mass is 284 g/mol. The number of aliphatic hydroxyl groups is 2. The second kappa shape index (κ2) is 11.8. The summed E-state index contributed by atoms with van der Waals surface area (Å²) in [5.74, 6) is -1.72. The van der Waals surface area contributed by atoms with E-state index in [9.17, 15) is 9.59 Å². The molecule has 0 heterocycles. The van der Waals surface area contributed by atoms with Gasteiger partial charge in [0, 0.05) is 12.1 Å². The van der Waals surface area contributed by atoms with Crippen LogP contribution in [0, 0.1) is 0 Å². The van der Waals surface area contributed by atoms with Gasteiger partial charge in [0.1, 0.15) is 0 Å². The molecule has 0 saturated carbocycles. The number of hydrogen-bond acceptors (Lipinski definition) is 4. The fourth-order valence-corrected chi connectivity index (χ4v) is 0.833. The van der Waals surface area contributed by atoms with Crippen LogP contribution in [0.4, 0.5) is 0 Å². The Labute approximate surface area is 119 Å². The van der Waals surface area contributed by atoms with Crippen LogP contribution in [0.5, 0.6) is 0 Å². The predicted octanol–water partition coefficient (Wildman–Crippen LogP) is 1.85. The van der Waals surface area contributed by atoms with E-state index in [2.05, 4.69) is 11.9 Å². The summed E-state index contributed by atoms with van der Waals surface area (Å²) < 4.78 is 0. The smallest absolute Gasteiger partial charge is 0.282 e. The van der Waals surface area contributed by atoms with E-state index in [1.807, 2.05) is 6.92 Å². The van der Waals surface area contributed by atoms with Crippen molar-refractivity contribution in [2.24, 2.45) is 5.73 Å². The van der Waals surface area contributed by atoms with Crippen LogP contribution in [0.25, 0.3) is 0 Å². The van der Waals surface area contributed by atoms with Gasteiger partial charge in [-0.2, -0.15) is 0 Å². The second-order valence-electron chi connectivity index (χ2n) is 3.98. The molecule has 0 saturated heterocycles. The molecule has 0 atom stereocenters.